The van der Waals surface area contributed by atoms with Crippen LogP contribution < -0.4 is 4.90 Å². The van der Waals surface area contributed by atoms with Gasteiger partial charge in [0.1, 0.15) is 6.04 Å². The molecule has 0 unspecified atom stereocenters. The Morgan fingerprint density at radius 2 is 1.96 bits per heavy atom. The summed E-state index contributed by atoms with van der Waals surface area (Å²) in [6.45, 7) is 5.56. The van der Waals surface area contributed by atoms with Crippen LogP contribution in [0.4, 0.5) is 5.69 Å². The van der Waals surface area contributed by atoms with Gasteiger partial charge >= 0.3 is 0 Å². The molecule has 0 amide bonds. The van der Waals surface area contributed by atoms with E-state index in [0.29, 0.717) is 35.9 Å². The number of anilines is 1. The molecule has 4 heteroatoms. The van der Waals surface area contributed by atoms with Crippen LogP contribution in [0.2, 0.25) is 0 Å². The van der Waals surface area contributed by atoms with Crippen molar-refractivity contribution < 1.29 is 14.7 Å². The SMILES string of the molecule is CCC[N@+]12[C@H](O)[C@H](CC)[C@H]3C[C@H]1[C@@H]1N(C)c4ccccc4[C@@]14C[C@H]2[C@@H]3[C@@H]4O. The molecule has 4 nitrogen and oxygen atoms in total. The van der Waals surface area contributed by atoms with Gasteiger partial charge < -0.3 is 15.1 Å². The van der Waals surface area contributed by atoms with Crippen molar-refractivity contribution in [2.45, 2.75) is 75.4 Å². The van der Waals surface area contributed by atoms with Crippen molar-refractivity contribution in [3.63, 3.8) is 0 Å². The highest BCUT2D eigenvalue weighted by atomic mass is 16.3. The number of aliphatic hydroxyl groups excluding tert-OH is 2. The third-order valence-electron chi connectivity index (χ3n) is 9.73. The first-order valence-corrected chi connectivity index (χ1v) is 11.1. The van der Waals surface area contributed by atoms with Crippen LogP contribution in [-0.2, 0) is 5.41 Å². The van der Waals surface area contributed by atoms with E-state index in [1.54, 1.807) is 0 Å². The maximum Gasteiger partial charge on any atom is 0.194 e. The van der Waals surface area contributed by atoms with Crippen LogP contribution in [0.25, 0.3) is 0 Å². The monoisotopic (exact) mass is 369 g/mol. The highest BCUT2D eigenvalue weighted by molar-refractivity contribution is 5.66. The van der Waals surface area contributed by atoms with Crippen LogP contribution in [0.15, 0.2) is 24.3 Å². The Morgan fingerprint density at radius 3 is 2.70 bits per heavy atom. The van der Waals surface area contributed by atoms with Gasteiger partial charge in [-0.2, -0.15) is 0 Å². The molecule has 0 aromatic heterocycles. The third kappa shape index (κ3) is 1.51. The van der Waals surface area contributed by atoms with Crippen molar-refractivity contribution in [2.24, 2.45) is 17.8 Å². The van der Waals surface area contributed by atoms with Gasteiger partial charge in [-0.1, -0.05) is 32.0 Å². The van der Waals surface area contributed by atoms with E-state index in [2.05, 4.69) is 50.1 Å². The smallest absolute Gasteiger partial charge is 0.194 e. The number of nitrogens with zero attached hydrogens (tertiary/aromatic N) is 2. The van der Waals surface area contributed by atoms with E-state index in [0.717, 1.165) is 30.3 Å². The van der Waals surface area contributed by atoms with Crippen LogP contribution in [0.1, 0.15) is 45.1 Å². The molecule has 1 saturated carbocycles. The molecule has 27 heavy (non-hydrogen) atoms. The molecule has 1 spiro atoms. The second-order valence-corrected chi connectivity index (χ2v) is 10.1. The van der Waals surface area contributed by atoms with E-state index in [1.807, 2.05) is 0 Å². The zero-order chi connectivity index (χ0) is 18.7. The Morgan fingerprint density at radius 1 is 1.19 bits per heavy atom. The van der Waals surface area contributed by atoms with E-state index < -0.39 is 0 Å². The summed E-state index contributed by atoms with van der Waals surface area (Å²) in [7, 11) is 2.23. The molecule has 5 bridgehead atoms. The van der Waals surface area contributed by atoms with Gasteiger partial charge in [0, 0.05) is 37.4 Å². The van der Waals surface area contributed by atoms with Gasteiger partial charge in [0.05, 0.1) is 30.1 Å². The zero-order valence-corrected chi connectivity index (χ0v) is 16.8. The number of hydrogen-bond acceptors (Lipinski definition) is 3. The molecule has 7 rings (SSSR count). The van der Waals surface area contributed by atoms with Crippen molar-refractivity contribution in [2.75, 3.05) is 18.5 Å². The first-order chi connectivity index (χ1) is 13.0. The molecule has 5 heterocycles. The molecule has 10 atom stereocenters. The lowest BCUT2D eigenvalue weighted by atomic mass is 9.60. The molecule has 6 aliphatic rings. The normalized spacial score (nSPS) is 53.7. The lowest BCUT2D eigenvalue weighted by molar-refractivity contribution is -1.04. The van der Waals surface area contributed by atoms with E-state index in [1.165, 1.54) is 17.7 Å². The van der Waals surface area contributed by atoms with Crippen LogP contribution >= 0.6 is 0 Å². The maximum atomic E-state index is 11.9. The molecule has 146 valence electrons. The lowest BCUT2D eigenvalue weighted by Crippen LogP contribution is -2.83. The third-order valence-corrected chi connectivity index (χ3v) is 9.73. The highest BCUT2D eigenvalue weighted by Crippen LogP contribution is 2.71. The minimum Gasteiger partial charge on any atom is -0.392 e. The van der Waals surface area contributed by atoms with Crippen molar-refractivity contribution in [1.29, 1.82) is 0 Å². The predicted molar refractivity (Wildman–Crippen MR) is 105 cm³/mol. The number of rotatable bonds is 3. The van der Waals surface area contributed by atoms with Crippen molar-refractivity contribution >= 4 is 5.69 Å². The average Bonchev–Trinajstić information content (AvgIpc) is 3.06. The van der Waals surface area contributed by atoms with Crippen molar-refractivity contribution in [1.82, 2.24) is 0 Å². The van der Waals surface area contributed by atoms with E-state index in [-0.39, 0.29) is 17.7 Å². The van der Waals surface area contributed by atoms with Gasteiger partial charge in [-0.15, -0.1) is 0 Å². The lowest BCUT2D eigenvalue weighted by Gasteiger charge is -2.68. The number of benzene rings is 1. The summed E-state index contributed by atoms with van der Waals surface area (Å²) in [5.74, 6) is 1.18. The summed E-state index contributed by atoms with van der Waals surface area (Å²) in [5, 5.41) is 23.6. The fraction of sp³-hybridized carbons (Fsp3) is 0.739. The first-order valence-electron chi connectivity index (χ1n) is 11.1. The van der Waals surface area contributed by atoms with Crippen LogP contribution in [0.5, 0.6) is 0 Å². The summed E-state index contributed by atoms with van der Waals surface area (Å²) in [6, 6.07) is 9.97. The number of aliphatic hydroxyl groups is 2. The van der Waals surface area contributed by atoms with Crippen molar-refractivity contribution in [3.05, 3.63) is 29.8 Å². The molecule has 4 saturated heterocycles. The van der Waals surface area contributed by atoms with Gasteiger partial charge in [-0.05, 0) is 30.4 Å². The second-order valence-electron chi connectivity index (χ2n) is 10.1. The quantitative estimate of drug-likeness (QED) is 0.805. The molecule has 5 fully saturated rings. The Kier molecular flexibility index (Phi) is 3.17. The number of fused-ring (bicyclic) bond motifs is 2. The minimum atomic E-state index is -0.271. The van der Waals surface area contributed by atoms with Gasteiger partial charge in [0.2, 0.25) is 0 Å². The zero-order valence-electron chi connectivity index (χ0n) is 16.8. The summed E-state index contributed by atoms with van der Waals surface area (Å²) < 4.78 is 0.873. The van der Waals surface area contributed by atoms with E-state index in [9.17, 15) is 10.2 Å². The van der Waals surface area contributed by atoms with Crippen molar-refractivity contribution in [3.8, 4) is 0 Å². The molecule has 1 aliphatic carbocycles. The summed E-state index contributed by atoms with van der Waals surface area (Å²) in [5.41, 5.74) is 2.56. The number of piperidine rings is 4. The summed E-state index contributed by atoms with van der Waals surface area (Å²) >= 11 is 0. The standard InChI is InChI=1S/C23H33N2O2/c1-4-10-25-17-11-14(13(5-2)22(25)27)19-18(25)12-23(21(19)26)15-8-6-7-9-16(15)24(3)20(17)23/h6-9,13-14,17-22,26-27H,4-5,10-12H2,1-3H3/q+1/t13-,14-,17+,18+,19-,20+,21+,22-,23+,25+/m1/s1. The molecule has 2 N–H and O–H groups in total. The predicted octanol–water partition coefficient (Wildman–Crippen LogP) is 2.48. The van der Waals surface area contributed by atoms with E-state index >= 15 is 0 Å². The molecule has 5 aliphatic heterocycles. The minimum absolute atomic E-state index is 0.127. The Labute approximate surface area is 162 Å². The average molecular weight is 370 g/mol. The Balaban J connectivity index is 1.62. The molecule has 0 radical (unpaired) electrons. The highest BCUT2D eigenvalue weighted by Gasteiger charge is 2.82. The first kappa shape index (κ1) is 16.8. The van der Waals surface area contributed by atoms with Crippen LogP contribution in [-0.4, -0.2) is 58.7 Å². The molecular weight excluding hydrogens is 336 g/mol. The van der Waals surface area contributed by atoms with Gasteiger partial charge in [0.15, 0.2) is 6.23 Å². The molecule has 1 aromatic rings. The number of likely N-dealkylation sites (N-methyl/N-ethyl adjacent to an activating group) is 1. The fourth-order valence-electron chi connectivity index (χ4n) is 9.23. The molecular formula is C23H33N2O2+. The summed E-state index contributed by atoms with van der Waals surface area (Å²) in [6.07, 6.45) is 3.84. The number of hydrogen-bond donors (Lipinski definition) is 2. The fourth-order valence-corrected chi connectivity index (χ4v) is 9.23. The second kappa shape index (κ2) is 5.08. The Bertz CT molecular complexity index is 798. The molecule has 1 aromatic carbocycles. The number of para-hydroxylation sites is 1. The number of quaternary nitrogens is 1. The maximum absolute atomic E-state index is 11.9. The van der Waals surface area contributed by atoms with Gasteiger partial charge in [-0.3, -0.25) is 4.48 Å². The topological polar surface area (TPSA) is 43.7 Å². The van der Waals surface area contributed by atoms with Crippen LogP contribution in [0.3, 0.4) is 0 Å². The van der Waals surface area contributed by atoms with E-state index in [4.69, 9.17) is 0 Å². The summed E-state index contributed by atoms with van der Waals surface area (Å²) in [4.78, 5) is 2.48. The van der Waals surface area contributed by atoms with Gasteiger partial charge in [-0.25, -0.2) is 0 Å². The largest absolute Gasteiger partial charge is 0.392 e. The Hall–Kier alpha value is -1.10. The van der Waals surface area contributed by atoms with Gasteiger partial charge in [0.25, 0.3) is 0 Å². The van der Waals surface area contributed by atoms with Crippen LogP contribution in [0, 0.1) is 17.8 Å².